The van der Waals surface area contributed by atoms with Gasteiger partial charge in [-0.1, -0.05) is 11.6 Å². The van der Waals surface area contributed by atoms with Gasteiger partial charge in [-0.25, -0.2) is 18.4 Å². The van der Waals surface area contributed by atoms with Crippen molar-refractivity contribution >= 4 is 21.6 Å². The molecule has 0 saturated heterocycles. The Labute approximate surface area is 109 Å². The molecular weight excluding hydrogens is 278 g/mol. The Bertz CT molecular complexity index is 628. The Kier molecular flexibility index (Phi) is 3.60. The van der Waals surface area contributed by atoms with Crippen molar-refractivity contribution in [1.82, 2.24) is 24.5 Å². The van der Waals surface area contributed by atoms with Crippen LogP contribution in [0.25, 0.3) is 0 Å². The summed E-state index contributed by atoms with van der Waals surface area (Å²) in [6.07, 6.45) is 2.66. The van der Waals surface area contributed by atoms with Crippen molar-refractivity contribution in [3.05, 3.63) is 35.6 Å². The molecule has 0 radical (unpaired) electrons. The predicted molar refractivity (Wildman–Crippen MR) is 64.3 cm³/mol. The number of rotatable bonds is 4. The van der Waals surface area contributed by atoms with E-state index in [1.54, 1.807) is 0 Å². The average Bonchev–Trinajstić information content (AvgIpc) is 2.81. The normalized spacial score (nSPS) is 11.9. The molecule has 0 aliphatic carbocycles. The number of hydrogen-bond acceptors (Lipinski definition) is 5. The summed E-state index contributed by atoms with van der Waals surface area (Å²) < 4.78 is 25.5. The fraction of sp³-hybridized carbons (Fsp3) is 0.222. The van der Waals surface area contributed by atoms with Crippen molar-refractivity contribution in [2.24, 2.45) is 0 Å². The molecule has 0 aliphatic heterocycles. The lowest BCUT2D eigenvalue weighted by atomic mass is 10.5. The van der Waals surface area contributed by atoms with Crippen LogP contribution in [-0.2, 0) is 16.6 Å². The molecule has 0 saturated carbocycles. The van der Waals surface area contributed by atoms with Gasteiger partial charge in [-0.15, -0.1) is 0 Å². The average molecular weight is 288 g/mol. The van der Waals surface area contributed by atoms with Gasteiger partial charge in [0, 0.05) is 13.2 Å². The number of hydrogen-bond donors (Lipinski definition) is 1. The summed E-state index contributed by atoms with van der Waals surface area (Å²) in [6, 6.07) is 2.69. The van der Waals surface area contributed by atoms with Crippen molar-refractivity contribution in [2.75, 3.05) is 7.05 Å². The van der Waals surface area contributed by atoms with Gasteiger partial charge in [0.1, 0.15) is 17.3 Å². The summed E-state index contributed by atoms with van der Waals surface area (Å²) in [7, 11) is -2.17. The van der Waals surface area contributed by atoms with Crippen LogP contribution in [0.5, 0.6) is 0 Å². The minimum absolute atomic E-state index is 0.0875. The fourth-order valence-corrected chi connectivity index (χ4v) is 2.71. The second kappa shape index (κ2) is 5.01. The van der Waals surface area contributed by atoms with E-state index in [4.69, 9.17) is 11.6 Å². The first kappa shape index (κ1) is 12.9. The molecule has 0 spiro atoms. The molecule has 0 aliphatic rings. The zero-order chi connectivity index (χ0) is 13.2. The van der Waals surface area contributed by atoms with E-state index in [-0.39, 0.29) is 16.6 Å². The van der Waals surface area contributed by atoms with E-state index in [1.807, 2.05) is 0 Å². The topological polar surface area (TPSA) is 91.8 Å². The van der Waals surface area contributed by atoms with Crippen LogP contribution in [0, 0.1) is 0 Å². The van der Waals surface area contributed by atoms with Gasteiger partial charge in [0.15, 0.2) is 0 Å². The molecule has 9 heteroatoms. The second-order valence-electron chi connectivity index (χ2n) is 3.51. The maximum Gasteiger partial charge on any atom is 0.243 e. The zero-order valence-corrected chi connectivity index (χ0v) is 11.0. The number of H-pyrrole nitrogens is 1. The van der Waals surface area contributed by atoms with Crippen molar-refractivity contribution in [2.45, 2.75) is 11.4 Å². The van der Waals surface area contributed by atoms with E-state index >= 15 is 0 Å². The van der Waals surface area contributed by atoms with Gasteiger partial charge in [-0.3, -0.25) is 5.10 Å². The number of sulfonamides is 1. The van der Waals surface area contributed by atoms with Crippen LogP contribution < -0.4 is 0 Å². The maximum absolute atomic E-state index is 12.2. The Morgan fingerprint density at radius 1 is 1.44 bits per heavy atom. The third kappa shape index (κ3) is 2.66. The van der Waals surface area contributed by atoms with E-state index in [0.29, 0.717) is 5.82 Å². The SMILES string of the molecule is CN(Cc1ncn[nH]1)S(=O)(=O)c1ccnc(Cl)c1. The minimum atomic E-state index is -3.62. The third-order valence-electron chi connectivity index (χ3n) is 2.24. The van der Waals surface area contributed by atoms with Gasteiger partial charge < -0.3 is 0 Å². The van der Waals surface area contributed by atoms with Crippen molar-refractivity contribution < 1.29 is 8.42 Å². The molecule has 0 fully saturated rings. The maximum atomic E-state index is 12.2. The van der Waals surface area contributed by atoms with E-state index in [1.165, 1.54) is 31.7 Å². The lowest BCUT2D eigenvalue weighted by Gasteiger charge is -2.15. The van der Waals surface area contributed by atoms with Crippen LogP contribution in [0.4, 0.5) is 0 Å². The van der Waals surface area contributed by atoms with Crippen LogP contribution >= 0.6 is 11.6 Å². The molecule has 0 amide bonds. The highest BCUT2D eigenvalue weighted by atomic mass is 35.5. The lowest BCUT2D eigenvalue weighted by Crippen LogP contribution is -2.27. The van der Waals surface area contributed by atoms with E-state index in [2.05, 4.69) is 20.2 Å². The Balaban J connectivity index is 2.25. The van der Waals surface area contributed by atoms with Gasteiger partial charge in [0.05, 0.1) is 11.4 Å². The van der Waals surface area contributed by atoms with Gasteiger partial charge in [0.25, 0.3) is 0 Å². The molecule has 0 unspecified atom stereocenters. The lowest BCUT2D eigenvalue weighted by molar-refractivity contribution is 0.457. The molecule has 18 heavy (non-hydrogen) atoms. The van der Waals surface area contributed by atoms with Crippen molar-refractivity contribution in [3.8, 4) is 0 Å². The Morgan fingerprint density at radius 3 is 2.83 bits per heavy atom. The van der Waals surface area contributed by atoms with Gasteiger partial charge in [-0.2, -0.15) is 9.40 Å². The van der Waals surface area contributed by atoms with Crippen LogP contribution in [0.2, 0.25) is 5.15 Å². The first-order valence-electron chi connectivity index (χ1n) is 4.92. The molecule has 0 atom stereocenters. The second-order valence-corrected chi connectivity index (χ2v) is 5.94. The number of halogens is 1. The fourth-order valence-electron chi connectivity index (χ4n) is 1.33. The molecule has 1 N–H and O–H groups in total. The smallest absolute Gasteiger partial charge is 0.243 e. The number of aromatic amines is 1. The first-order valence-corrected chi connectivity index (χ1v) is 6.74. The van der Waals surface area contributed by atoms with Gasteiger partial charge >= 0.3 is 0 Å². The van der Waals surface area contributed by atoms with Crippen LogP contribution in [0.15, 0.2) is 29.6 Å². The minimum Gasteiger partial charge on any atom is -0.262 e. The summed E-state index contributed by atoms with van der Waals surface area (Å²) in [5.41, 5.74) is 0. The summed E-state index contributed by atoms with van der Waals surface area (Å²) in [4.78, 5) is 7.70. The summed E-state index contributed by atoms with van der Waals surface area (Å²) in [6.45, 7) is 0.0995. The molecule has 2 rings (SSSR count). The third-order valence-corrected chi connectivity index (χ3v) is 4.25. The van der Waals surface area contributed by atoms with E-state index in [9.17, 15) is 8.42 Å². The number of pyridine rings is 1. The number of nitrogens with one attached hydrogen (secondary N) is 1. The Hall–Kier alpha value is -1.51. The zero-order valence-electron chi connectivity index (χ0n) is 9.41. The van der Waals surface area contributed by atoms with Crippen LogP contribution in [-0.4, -0.2) is 39.9 Å². The quantitative estimate of drug-likeness (QED) is 0.835. The van der Waals surface area contributed by atoms with Crippen LogP contribution in [0.3, 0.4) is 0 Å². The van der Waals surface area contributed by atoms with Crippen LogP contribution in [0.1, 0.15) is 5.82 Å². The predicted octanol–water partition coefficient (Wildman–Crippen LogP) is 0.674. The molecule has 0 aromatic carbocycles. The van der Waals surface area contributed by atoms with Crippen molar-refractivity contribution in [3.63, 3.8) is 0 Å². The number of aromatic nitrogens is 4. The van der Waals surface area contributed by atoms with Gasteiger partial charge in [-0.05, 0) is 12.1 Å². The van der Waals surface area contributed by atoms with Gasteiger partial charge in [0.2, 0.25) is 10.0 Å². The molecule has 0 bridgehead atoms. The van der Waals surface area contributed by atoms with Crippen molar-refractivity contribution in [1.29, 1.82) is 0 Å². The standard InChI is InChI=1S/C9H10ClN5O2S/c1-15(5-9-12-6-13-14-9)18(16,17)7-2-3-11-8(10)4-7/h2-4,6H,5H2,1H3,(H,12,13,14). The Morgan fingerprint density at radius 2 is 2.22 bits per heavy atom. The largest absolute Gasteiger partial charge is 0.262 e. The highest BCUT2D eigenvalue weighted by Gasteiger charge is 2.22. The van der Waals surface area contributed by atoms with E-state index < -0.39 is 10.0 Å². The monoisotopic (exact) mass is 287 g/mol. The molecule has 2 heterocycles. The molecule has 2 aromatic heterocycles. The highest BCUT2D eigenvalue weighted by Crippen LogP contribution is 2.17. The molecule has 2 aromatic rings. The van der Waals surface area contributed by atoms with E-state index in [0.717, 1.165) is 4.31 Å². The molecule has 96 valence electrons. The highest BCUT2D eigenvalue weighted by molar-refractivity contribution is 7.89. The summed E-state index contributed by atoms with van der Waals surface area (Å²) >= 11 is 5.68. The first-order chi connectivity index (χ1) is 8.50. The molecule has 7 nitrogen and oxygen atoms in total. The number of nitrogens with zero attached hydrogens (tertiary/aromatic N) is 4. The summed E-state index contributed by atoms with van der Waals surface area (Å²) in [5, 5.41) is 6.38. The molecular formula is C9H10ClN5O2S. The summed E-state index contributed by atoms with van der Waals surface area (Å²) in [5.74, 6) is 0.459.